The van der Waals surface area contributed by atoms with Gasteiger partial charge in [0.2, 0.25) is 5.75 Å². The summed E-state index contributed by atoms with van der Waals surface area (Å²) in [5.74, 6) is -6.13. The van der Waals surface area contributed by atoms with Crippen LogP contribution in [-0.2, 0) is 19.3 Å². The summed E-state index contributed by atoms with van der Waals surface area (Å²) in [5, 5.41) is 0. The van der Waals surface area contributed by atoms with Crippen LogP contribution in [0.5, 0.6) is 5.75 Å². The van der Waals surface area contributed by atoms with E-state index in [2.05, 4.69) is 4.74 Å². The molecule has 150 valence electrons. The van der Waals surface area contributed by atoms with Crippen molar-refractivity contribution in [2.24, 2.45) is 0 Å². The molecule has 8 heteroatoms. The van der Waals surface area contributed by atoms with E-state index in [4.69, 9.17) is 0 Å². The molecule has 0 radical (unpaired) electrons. The molecule has 0 bridgehead atoms. The van der Waals surface area contributed by atoms with Crippen LogP contribution >= 0.6 is 0 Å². The minimum absolute atomic E-state index is 0.0125. The minimum atomic E-state index is -5.25. The molecule has 0 atom stereocenters. The zero-order valence-electron chi connectivity index (χ0n) is 14.7. The molecular weight excluding hydrogens is 389 g/mol. The number of rotatable bonds is 4. The van der Waals surface area contributed by atoms with E-state index in [0.29, 0.717) is 24.5 Å². The number of allylic oxidation sites excluding steroid dienone is 2. The lowest BCUT2D eigenvalue weighted by Crippen LogP contribution is -2.20. The van der Waals surface area contributed by atoms with E-state index in [9.17, 15) is 30.7 Å². The van der Waals surface area contributed by atoms with E-state index in [1.807, 2.05) is 6.92 Å². The Morgan fingerprint density at radius 1 is 0.964 bits per heavy atom. The van der Waals surface area contributed by atoms with Gasteiger partial charge in [-0.05, 0) is 59.7 Å². The van der Waals surface area contributed by atoms with Crippen molar-refractivity contribution in [3.63, 3.8) is 0 Å². The highest BCUT2D eigenvalue weighted by Gasteiger charge is 2.35. The Morgan fingerprint density at radius 3 is 2.18 bits per heavy atom. The third kappa shape index (κ3) is 4.00. The molecule has 1 nitrogen and oxygen atoms in total. The Bertz CT molecular complexity index is 922. The third-order valence-electron chi connectivity index (χ3n) is 4.48. The molecule has 0 spiro atoms. The van der Waals surface area contributed by atoms with Gasteiger partial charge in [0.25, 0.3) is 0 Å². The molecule has 0 aliphatic heterocycles. The number of benzene rings is 2. The Labute approximate surface area is 156 Å². The zero-order valence-corrected chi connectivity index (χ0v) is 14.7. The molecule has 0 N–H and O–H groups in total. The highest BCUT2D eigenvalue weighted by Crippen LogP contribution is 2.38. The molecule has 1 aliphatic carbocycles. The topological polar surface area (TPSA) is 9.23 Å². The monoisotopic (exact) mass is 404 g/mol. The van der Waals surface area contributed by atoms with Gasteiger partial charge in [0, 0.05) is 5.56 Å². The van der Waals surface area contributed by atoms with Crippen LogP contribution in [-0.4, -0.2) is 6.36 Å². The maximum absolute atomic E-state index is 14.4. The van der Waals surface area contributed by atoms with Crippen molar-refractivity contribution < 1.29 is 35.5 Å². The van der Waals surface area contributed by atoms with E-state index >= 15 is 0 Å². The second kappa shape index (κ2) is 7.48. The van der Waals surface area contributed by atoms with E-state index in [0.717, 1.165) is 0 Å². The first-order valence-corrected chi connectivity index (χ1v) is 8.53. The van der Waals surface area contributed by atoms with Crippen LogP contribution in [0.15, 0.2) is 24.3 Å². The Morgan fingerprint density at radius 2 is 1.61 bits per heavy atom. The summed E-state index contributed by atoms with van der Waals surface area (Å²) in [6.45, 7) is 1.87. The Hall–Kier alpha value is -2.51. The van der Waals surface area contributed by atoms with Crippen molar-refractivity contribution in [1.29, 1.82) is 0 Å². The van der Waals surface area contributed by atoms with Crippen molar-refractivity contribution in [3.05, 3.63) is 69.8 Å². The molecule has 0 heterocycles. The average Bonchev–Trinajstić information content (AvgIpc) is 2.57. The molecular formula is C20H15F7O. The fourth-order valence-electron chi connectivity index (χ4n) is 3.33. The molecule has 0 saturated carbocycles. The van der Waals surface area contributed by atoms with E-state index in [1.54, 1.807) is 0 Å². The molecule has 0 amide bonds. The van der Waals surface area contributed by atoms with Gasteiger partial charge >= 0.3 is 6.36 Å². The lowest BCUT2D eigenvalue weighted by molar-refractivity contribution is -0.276. The normalized spacial score (nSPS) is 13.9. The highest BCUT2D eigenvalue weighted by molar-refractivity contribution is 5.72. The molecule has 3 rings (SSSR count). The van der Waals surface area contributed by atoms with Gasteiger partial charge in [-0.1, -0.05) is 19.4 Å². The summed E-state index contributed by atoms with van der Waals surface area (Å²) >= 11 is 0. The van der Waals surface area contributed by atoms with Gasteiger partial charge in [-0.25, -0.2) is 17.6 Å². The fraction of sp³-hybridized carbons (Fsp3) is 0.300. The zero-order chi connectivity index (χ0) is 20.6. The lowest BCUT2D eigenvalue weighted by Gasteiger charge is -2.21. The minimum Gasteiger partial charge on any atom is -0.399 e. The summed E-state index contributed by atoms with van der Waals surface area (Å²) in [7, 11) is 0. The smallest absolute Gasteiger partial charge is 0.399 e. The maximum atomic E-state index is 14.4. The molecule has 2 aromatic rings. The van der Waals surface area contributed by atoms with Crippen LogP contribution in [0.25, 0.3) is 5.57 Å². The molecule has 0 saturated heterocycles. The largest absolute Gasteiger partial charge is 0.573 e. The van der Waals surface area contributed by atoms with Gasteiger partial charge in [0.1, 0.15) is 11.6 Å². The number of aryl methyl sites for hydroxylation is 1. The first-order valence-electron chi connectivity index (χ1n) is 8.53. The van der Waals surface area contributed by atoms with E-state index in [-0.39, 0.29) is 35.1 Å². The van der Waals surface area contributed by atoms with Gasteiger partial charge in [-0.15, -0.1) is 13.2 Å². The van der Waals surface area contributed by atoms with E-state index < -0.39 is 35.4 Å². The molecule has 1 aliphatic rings. The first-order chi connectivity index (χ1) is 13.1. The Kier molecular flexibility index (Phi) is 5.41. The van der Waals surface area contributed by atoms with Crippen LogP contribution < -0.4 is 4.74 Å². The number of ether oxygens (including phenoxy) is 1. The van der Waals surface area contributed by atoms with Gasteiger partial charge in [0.15, 0.2) is 11.6 Å². The molecule has 0 fully saturated rings. The predicted molar refractivity (Wildman–Crippen MR) is 88.8 cm³/mol. The van der Waals surface area contributed by atoms with Crippen LogP contribution in [0.4, 0.5) is 30.7 Å². The number of fused-ring (bicyclic) bond motifs is 1. The van der Waals surface area contributed by atoms with Crippen LogP contribution in [0.3, 0.4) is 0 Å². The van der Waals surface area contributed by atoms with Crippen molar-refractivity contribution in [2.45, 2.75) is 39.0 Å². The molecule has 0 aromatic heterocycles. The summed E-state index contributed by atoms with van der Waals surface area (Å²) in [4.78, 5) is 0. The average molecular weight is 404 g/mol. The number of hydrogen-bond donors (Lipinski definition) is 0. The van der Waals surface area contributed by atoms with E-state index in [1.165, 1.54) is 18.2 Å². The number of alkyl halides is 3. The lowest BCUT2D eigenvalue weighted by atomic mass is 9.86. The van der Waals surface area contributed by atoms with Gasteiger partial charge < -0.3 is 4.74 Å². The Balaban J connectivity index is 1.98. The standard InChI is InChI=1S/C20H15F7O/c1-2-3-10-6-14(21)17(15(22)7-10)11-4-5-13-12(8-11)9-16(23)19(18(13)24)28-20(25,26)27/h4,6-7,9H,2-3,5,8H2,1H3. The second-order valence-corrected chi connectivity index (χ2v) is 6.48. The van der Waals surface area contributed by atoms with Gasteiger partial charge in [-0.3, -0.25) is 0 Å². The van der Waals surface area contributed by atoms with Gasteiger partial charge in [-0.2, -0.15) is 0 Å². The molecule has 0 unspecified atom stereocenters. The van der Waals surface area contributed by atoms with Crippen molar-refractivity contribution >= 4 is 5.57 Å². The van der Waals surface area contributed by atoms with Crippen LogP contribution in [0.1, 0.15) is 35.6 Å². The number of hydrogen-bond acceptors (Lipinski definition) is 1. The molecule has 2 aromatic carbocycles. The summed E-state index contributed by atoms with van der Waals surface area (Å²) in [6, 6.07) is 3.12. The van der Waals surface area contributed by atoms with Crippen LogP contribution in [0, 0.1) is 23.3 Å². The number of halogens is 7. The first kappa shape index (κ1) is 20.2. The summed E-state index contributed by atoms with van der Waals surface area (Å²) < 4.78 is 97.6. The SMILES string of the molecule is CCCc1cc(F)c(C2=CCc3c(cc(F)c(OC(F)(F)F)c3F)C2)c(F)c1. The third-order valence-corrected chi connectivity index (χ3v) is 4.48. The highest BCUT2D eigenvalue weighted by atomic mass is 19.4. The molecule has 28 heavy (non-hydrogen) atoms. The fourth-order valence-corrected chi connectivity index (χ4v) is 3.33. The second-order valence-electron chi connectivity index (χ2n) is 6.48. The maximum Gasteiger partial charge on any atom is 0.573 e. The summed E-state index contributed by atoms with van der Waals surface area (Å²) in [5.41, 5.74) is 0.172. The van der Waals surface area contributed by atoms with Crippen molar-refractivity contribution in [3.8, 4) is 5.75 Å². The van der Waals surface area contributed by atoms with Crippen LogP contribution in [0.2, 0.25) is 0 Å². The quantitative estimate of drug-likeness (QED) is 0.546. The predicted octanol–water partition coefficient (Wildman–Crippen LogP) is 6.28. The van der Waals surface area contributed by atoms with Crippen molar-refractivity contribution in [2.75, 3.05) is 0 Å². The summed E-state index contributed by atoms with van der Waals surface area (Å²) in [6.07, 6.45) is -3.21. The van der Waals surface area contributed by atoms with Gasteiger partial charge in [0.05, 0.1) is 0 Å². The van der Waals surface area contributed by atoms with Crippen molar-refractivity contribution in [1.82, 2.24) is 0 Å².